The van der Waals surface area contributed by atoms with Crippen LogP contribution in [0.1, 0.15) is 32.3 Å². The highest BCUT2D eigenvalue weighted by Gasteiger charge is 2.29. The normalized spacial score (nSPS) is 16.2. The molecule has 7 nitrogen and oxygen atoms in total. The number of benzene rings is 1. The standard InChI is InChI=1S/C23H33N5O2/c1-4-27(5-2)23(29)19-7-6-14-28(16-19)22-15-21(25-17-26-22)24-13-12-18-8-10-20(30-3)11-9-18/h8-11,15,17,19H,4-7,12-14,16H2,1-3H3,(H,24,25,26). The van der Waals surface area contributed by atoms with E-state index in [1.165, 1.54) is 5.56 Å². The lowest BCUT2D eigenvalue weighted by molar-refractivity contribution is -0.135. The number of methoxy groups -OCH3 is 1. The first-order chi connectivity index (χ1) is 14.6. The van der Waals surface area contributed by atoms with E-state index in [0.717, 1.165) is 69.4 Å². The van der Waals surface area contributed by atoms with Gasteiger partial charge in [0.1, 0.15) is 23.7 Å². The second kappa shape index (κ2) is 10.8. The SMILES string of the molecule is CCN(CC)C(=O)C1CCCN(c2cc(NCCc3ccc(OC)cc3)ncn2)C1. The predicted octanol–water partition coefficient (Wildman–Crippen LogP) is 3.22. The first kappa shape index (κ1) is 21.9. The fraction of sp³-hybridized carbons (Fsp3) is 0.522. The van der Waals surface area contributed by atoms with Gasteiger partial charge in [-0.05, 0) is 50.8 Å². The van der Waals surface area contributed by atoms with Crippen molar-refractivity contribution in [3.63, 3.8) is 0 Å². The third-order valence-electron chi connectivity index (χ3n) is 5.70. The first-order valence-electron chi connectivity index (χ1n) is 10.9. The summed E-state index contributed by atoms with van der Waals surface area (Å²) in [7, 11) is 1.67. The highest BCUT2D eigenvalue weighted by molar-refractivity contribution is 5.79. The van der Waals surface area contributed by atoms with Gasteiger partial charge in [-0.2, -0.15) is 0 Å². The minimum absolute atomic E-state index is 0.0418. The summed E-state index contributed by atoms with van der Waals surface area (Å²) in [4.78, 5) is 25.7. The number of hydrogen-bond acceptors (Lipinski definition) is 6. The van der Waals surface area contributed by atoms with Crippen molar-refractivity contribution in [2.75, 3.05) is 50.1 Å². The smallest absolute Gasteiger partial charge is 0.227 e. The van der Waals surface area contributed by atoms with Crippen molar-refractivity contribution in [2.24, 2.45) is 5.92 Å². The predicted molar refractivity (Wildman–Crippen MR) is 120 cm³/mol. The molecular formula is C23H33N5O2. The van der Waals surface area contributed by atoms with Gasteiger partial charge in [-0.15, -0.1) is 0 Å². The third-order valence-corrected chi connectivity index (χ3v) is 5.70. The molecule has 1 aliphatic heterocycles. The van der Waals surface area contributed by atoms with Gasteiger partial charge in [0.25, 0.3) is 0 Å². The Labute approximate surface area is 179 Å². The molecule has 1 N–H and O–H groups in total. The number of carbonyl (C=O) groups excluding carboxylic acids is 1. The molecule has 2 aromatic rings. The second-order valence-electron chi connectivity index (χ2n) is 7.58. The third kappa shape index (κ3) is 5.62. The molecular weight excluding hydrogens is 378 g/mol. The van der Waals surface area contributed by atoms with Crippen LogP contribution in [0.3, 0.4) is 0 Å². The number of rotatable bonds is 9. The number of aromatic nitrogens is 2. The Hall–Kier alpha value is -2.83. The van der Waals surface area contributed by atoms with Crippen molar-refractivity contribution in [3.05, 3.63) is 42.2 Å². The number of carbonyl (C=O) groups is 1. The molecule has 7 heteroatoms. The summed E-state index contributed by atoms with van der Waals surface area (Å²) in [5.74, 6) is 2.86. The average molecular weight is 412 g/mol. The van der Waals surface area contributed by atoms with Crippen LogP contribution in [-0.2, 0) is 11.2 Å². The Morgan fingerprint density at radius 2 is 2.00 bits per heavy atom. The minimum atomic E-state index is 0.0418. The van der Waals surface area contributed by atoms with Gasteiger partial charge in [-0.25, -0.2) is 9.97 Å². The van der Waals surface area contributed by atoms with Crippen molar-refractivity contribution in [1.29, 1.82) is 0 Å². The lowest BCUT2D eigenvalue weighted by atomic mass is 9.96. The maximum atomic E-state index is 12.8. The maximum Gasteiger partial charge on any atom is 0.227 e. The largest absolute Gasteiger partial charge is 0.497 e. The molecule has 1 aromatic heterocycles. The number of nitrogens with zero attached hydrogens (tertiary/aromatic N) is 4. The van der Waals surface area contributed by atoms with Crippen LogP contribution < -0.4 is 15.0 Å². The highest BCUT2D eigenvalue weighted by Crippen LogP contribution is 2.24. The van der Waals surface area contributed by atoms with E-state index < -0.39 is 0 Å². The average Bonchev–Trinajstić information content (AvgIpc) is 2.80. The zero-order valence-corrected chi connectivity index (χ0v) is 18.3. The van der Waals surface area contributed by atoms with Gasteiger partial charge < -0.3 is 19.9 Å². The summed E-state index contributed by atoms with van der Waals surface area (Å²) in [5.41, 5.74) is 1.24. The van der Waals surface area contributed by atoms with Crippen LogP contribution in [0.4, 0.5) is 11.6 Å². The Balaban J connectivity index is 1.56. The maximum absolute atomic E-state index is 12.8. The Morgan fingerprint density at radius 3 is 2.70 bits per heavy atom. The van der Waals surface area contributed by atoms with E-state index in [1.807, 2.05) is 36.9 Å². The van der Waals surface area contributed by atoms with Crippen molar-refractivity contribution >= 4 is 17.5 Å². The molecule has 1 fully saturated rings. The molecule has 30 heavy (non-hydrogen) atoms. The van der Waals surface area contributed by atoms with Gasteiger partial charge in [0.2, 0.25) is 5.91 Å². The van der Waals surface area contributed by atoms with Crippen LogP contribution in [0.15, 0.2) is 36.7 Å². The summed E-state index contributed by atoms with van der Waals surface area (Å²) in [5, 5.41) is 3.39. The van der Waals surface area contributed by atoms with Crippen LogP contribution in [0.5, 0.6) is 5.75 Å². The van der Waals surface area contributed by atoms with Crippen LogP contribution in [0, 0.1) is 5.92 Å². The number of anilines is 2. The first-order valence-corrected chi connectivity index (χ1v) is 10.9. The van der Waals surface area contributed by atoms with Gasteiger partial charge in [0, 0.05) is 38.8 Å². The summed E-state index contributed by atoms with van der Waals surface area (Å²) in [6, 6.07) is 10.1. The summed E-state index contributed by atoms with van der Waals surface area (Å²) >= 11 is 0. The highest BCUT2D eigenvalue weighted by atomic mass is 16.5. The molecule has 0 saturated carbocycles. The van der Waals surface area contributed by atoms with Gasteiger partial charge in [0.05, 0.1) is 13.0 Å². The Morgan fingerprint density at radius 1 is 1.23 bits per heavy atom. The lowest BCUT2D eigenvalue weighted by Gasteiger charge is -2.35. The zero-order valence-electron chi connectivity index (χ0n) is 18.3. The zero-order chi connectivity index (χ0) is 21.3. The van der Waals surface area contributed by atoms with Crippen molar-refractivity contribution in [2.45, 2.75) is 33.1 Å². The van der Waals surface area contributed by atoms with Crippen LogP contribution >= 0.6 is 0 Å². The molecule has 0 aliphatic carbocycles. The quantitative estimate of drug-likeness (QED) is 0.683. The fourth-order valence-corrected chi connectivity index (χ4v) is 3.92. The summed E-state index contributed by atoms with van der Waals surface area (Å²) in [6.45, 7) is 8.03. The molecule has 0 spiro atoms. The number of nitrogens with one attached hydrogen (secondary N) is 1. The monoisotopic (exact) mass is 411 g/mol. The molecule has 1 atom stereocenters. The van der Waals surface area contributed by atoms with E-state index in [9.17, 15) is 4.79 Å². The number of hydrogen-bond donors (Lipinski definition) is 1. The molecule has 1 amide bonds. The van der Waals surface area contributed by atoms with Crippen molar-refractivity contribution < 1.29 is 9.53 Å². The molecule has 3 rings (SSSR count). The lowest BCUT2D eigenvalue weighted by Crippen LogP contribution is -2.45. The number of piperidine rings is 1. The second-order valence-corrected chi connectivity index (χ2v) is 7.58. The van der Waals surface area contributed by atoms with Crippen LogP contribution in [-0.4, -0.2) is 60.6 Å². The van der Waals surface area contributed by atoms with Gasteiger partial charge in [-0.3, -0.25) is 4.79 Å². The molecule has 162 valence electrons. The molecule has 2 heterocycles. The topological polar surface area (TPSA) is 70.6 Å². The van der Waals surface area contributed by atoms with Crippen LogP contribution in [0.25, 0.3) is 0 Å². The molecule has 0 bridgehead atoms. The Kier molecular flexibility index (Phi) is 7.88. The number of ether oxygens (including phenoxy) is 1. The molecule has 1 aromatic carbocycles. The summed E-state index contributed by atoms with van der Waals surface area (Å²) < 4.78 is 5.20. The number of amides is 1. The van der Waals surface area contributed by atoms with Gasteiger partial charge >= 0.3 is 0 Å². The van der Waals surface area contributed by atoms with E-state index >= 15 is 0 Å². The molecule has 0 radical (unpaired) electrons. The van der Waals surface area contributed by atoms with Gasteiger partial charge in [-0.1, -0.05) is 12.1 Å². The Bertz CT molecular complexity index is 807. The molecule has 1 unspecified atom stereocenters. The molecule has 1 saturated heterocycles. The summed E-state index contributed by atoms with van der Waals surface area (Å²) in [6.07, 6.45) is 4.44. The van der Waals surface area contributed by atoms with E-state index in [4.69, 9.17) is 4.74 Å². The van der Waals surface area contributed by atoms with E-state index in [1.54, 1.807) is 13.4 Å². The van der Waals surface area contributed by atoms with Crippen molar-refractivity contribution in [3.8, 4) is 5.75 Å². The molecule has 1 aliphatic rings. The van der Waals surface area contributed by atoms with E-state index in [2.05, 4.69) is 32.3 Å². The fourth-order valence-electron chi connectivity index (χ4n) is 3.92. The van der Waals surface area contributed by atoms with Gasteiger partial charge in [0.15, 0.2) is 0 Å². The van der Waals surface area contributed by atoms with E-state index in [0.29, 0.717) is 0 Å². The van der Waals surface area contributed by atoms with E-state index in [-0.39, 0.29) is 11.8 Å². The van der Waals surface area contributed by atoms with Crippen molar-refractivity contribution in [1.82, 2.24) is 14.9 Å². The minimum Gasteiger partial charge on any atom is -0.497 e. The van der Waals surface area contributed by atoms with Crippen LogP contribution in [0.2, 0.25) is 0 Å².